The number of hydrogen-bond acceptors (Lipinski definition) is 3. The molecule has 1 saturated carbocycles. The molecule has 2 aliphatic rings. The molecule has 0 amide bonds. The molecule has 0 aromatic heterocycles. The maximum atomic E-state index is 5.87. The van der Waals surface area contributed by atoms with E-state index in [1.54, 1.807) is 0 Å². The molecule has 1 heterocycles. The Morgan fingerprint density at radius 3 is 3.05 bits per heavy atom. The Morgan fingerprint density at radius 2 is 2.21 bits per heavy atom. The van der Waals surface area contributed by atoms with Gasteiger partial charge in [-0.25, -0.2) is 0 Å². The van der Waals surface area contributed by atoms with Crippen LogP contribution in [0.3, 0.4) is 0 Å². The van der Waals surface area contributed by atoms with Crippen LogP contribution in [0.2, 0.25) is 0 Å². The van der Waals surface area contributed by atoms with Gasteiger partial charge in [-0.3, -0.25) is 4.90 Å². The third-order valence-corrected chi connectivity index (χ3v) is 4.67. The second kappa shape index (κ2) is 8.23. The molecule has 19 heavy (non-hydrogen) atoms. The average Bonchev–Trinajstić information content (AvgIpc) is 2.90. The third-order valence-electron chi connectivity index (χ3n) is 4.67. The van der Waals surface area contributed by atoms with Crippen LogP contribution in [0.15, 0.2) is 0 Å². The number of nitrogens with one attached hydrogen (secondary N) is 1. The number of nitrogens with zero attached hydrogens (tertiary/aromatic N) is 1. The van der Waals surface area contributed by atoms with Crippen LogP contribution in [0, 0.1) is 0 Å². The standard InChI is InChI=1S/C16H32N2O/c1-3-10-17-14(2)7-4-5-11-18-12-13-19-16-9-6-8-15(16)18/h14-17H,3-13H2,1-2H3. The molecule has 1 saturated heterocycles. The summed E-state index contributed by atoms with van der Waals surface area (Å²) in [7, 11) is 0. The van der Waals surface area contributed by atoms with Gasteiger partial charge in [-0.15, -0.1) is 0 Å². The van der Waals surface area contributed by atoms with Crippen LogP contribution in [0.25, 0.3) is 0 Å². The van der Waals surface area contributed by atoms with E-state index in [1.807, 2.05) is 0 Å². The van der Waals surface area contributed by atoms with Crippen molar-refractivity contribution in [2.24, 2.45) is 0 Å². The molecule has 2 rings (SSSR count). The zero-order valence-electron chi connectivity index (χ0n) is 12.9. The second-order valence-electron chi connectivity index (χ2n) is 6.29. The lowest BCUT2D eigenvalue weighted by atomic mass is 10.1. The van der Waals surface area contributed by atoms with Crippen LogP contribution in [-0.4, -0.2) is 49.3 Å². The minimum Gasteiger partial charge on any atom is -0.375 e. The van der Waals surface area contributed by atoms with E-state index in [1.165, 1.54) is 51.5 Å². The molecular formula is C16H32N2O. The van der Waals surface area contributed by atoms with E-state index in [9.17, 15) is 0 Å². The highest BCUT2D eigenvalue weighted by Gasteiger charge is 2.35. The van der Waals surface area contributed by atoms with Crippen molar-refractivity contribution in [3.05, 3.63) is 0 Å². The molecule has 3 nitrogen and oxygen atoms in total. The fourth-order valence-corrected chi connectivity index (χ4v) is 3.54. The Bertz CT molecular complexity index is 247. The summed E-state index contributed by atoms with van der Waals surface area (Å²) in [5.74, 6) is 0. The summed E-state index contributed by atoms with van der Waals surface area (Å²) >= 11 is 0. The molecule has 0 bridgehead atoms. The Labute approximate surface area is 119 Å². The van der Waals surface area contributed by atoms with Gasteiger partial charge in [0.25, 0.3) is 0 Å². The van der Waals surface area contributed by atoms with Crippen molar-refractivity contribution in [2.45, 2.75) is 77.0 Å². The predicted octanol–water partition coefficient (Wildman–Crippen LogP) is 2.80. The highest BCUT2D eigenvalue weighted by atomic mass is 16.5. The van der Waals surface area contributed by atoms with Crippen LogP contribution >= 0.6 is 0 Å². The lowest BCUT2D eigenvalue weighted by Gasteiger charge is -2.37. The number of hydrogen-bond donors (Lipinski definition) is 1. The fourth-order valence-electron chi connectivity index (χ4n) is 3.54. The van der Waals surface area contributed by atoms with Gasteiger partial charge in [0, 0.05) is 18.6 Å². The van der Waals surface area contributed by atoms with E-state index in [0.717, 1.165) is 25.7 Å². The number of morpholine rings is 1. The Kier molecular flexibility index (Phi) is 6.62. The van der Waals surface area contributed by atoms with Gasteiger partial charge in [0.1, 0.15) is 0 Å². The van der Waals surface area contributed by atoms with Crippen LogP contribution < -0.4 is 5.32 Å². The Hall–Kier alpha value is -0.120. The molecule has 0 spiro atoms. The summed E-state index contributed by atoms with van der Waals surface area (Å²) in [6.07, 6.45) is 9.83. The van der Waals surface area contributed by atoms with Crippen molar-refractivity contribution in [1.82, 2.24) is 10.2 Å². The first kappa shape index (κ1) is 15.3. The molecule has 1 N–H and O–H groups in total. The lowest BCUT2D eigenvalue weighted by molar-refractivity contribution is -0.0558. The maximum absolute atomic E-state index is 5.87. The first-order valence-corrected chi connectivity index (χ1v) is 8.40. The van der Waals surface area contributed by atoms with Crippen LogP contribution in [0.1, 0.15) is 58.8 Å². The minimum absolute atomic E-state index is 0.555. The molecule has 112 valence electrons. The number of fused-ring (bicyclic) bond motifs is 1. The Morgan fingerprint density at radius 1 is 1.32 bits per heavy atom. The zero-order valence-corrected chi connectivity index (χ0v) is 12.9. The number of rotatable bonds is 8. The monoisotopic (exact) mass is 268 g/mol. The first-order valence-electron chi connectivity index (χ1n) is 8.40. The average molecular weight is 268 g/mol. The molecule has 0 radical (unpaired) electrons. The van der Waals surface area contributed by atoms with Gasteiger partial charge in [-0.1, -0.05) is 13.3 Å². The second-order valence-corrected chi connectivity index (χ2v) is 6.29. The summed E-state index contributed by atoms with van der Waals surface area (Å²) in [4.78, 5) is 2.70. The highest BCUT2D eigenvalue weighted by molar-refractivity contribution is 4.89. The van der Waals surface area contributed by atoms with E-state index in [-0.39, 0.29) is 0 Å². The zero-order chi connectivity index (χ0) is 13.5. The van der Waals surface area contributed by atoms with E-state index in [4.69, 9.17) is 4.74 Å². The summed E-state index contributed by atoms with van der Waals surface area (Å²) in [6.45, 7) is 9.10. The third kappa shape index (κ3) is 4.73. The van der Waals surface area contributed by atoms with Crippen molar-refractivity contribution in [3.8, 4) is 0 Å². The van der Waals surface area contributed by atoms with E-state index in [2.05, 4.69) is 24.1 Å². The van der Waals surface area contributed by atoms with Crippen molar-refractivity contribution in [3.63, 3.8) is 0 Å². The smallest absolute Gasteiger partial charge is 0.0730 e. The van der Waals surface area contributed by atoms with Crippen LogP contribution in [0.5, 0.6) is 0 Å². The summed E-state index contributed by atoms with van der Waals surface area (Å²) in [6, 6.07) is 1.42. The van der Waals surface area contributed by atoms with Gasteiger partial charge in [-0.2, -0.15) is 0 Å². The minimum atomic E-state index is 0.555. The SMILES string of the molecule is CCCNC(C)CCCCN1CCOC2CCCC21. The number of ether oxygens (including phenoxy) is 1. The molecular weight excluding hydrogens is 236 g/mol. The highest BCUT2D eigenvalue weighted by Crippen LogP contribution is 2.29. The predicted molar refractivity (Wildman–Crippen MR) is 80.6 cm³/mol. The molecule has 3 atom stereocenters. The topological polar surface area (TPSA) is 24.5 Å². The summed E-state index contributed by atoms with van der Waals surface area (Å²) < 4.78 is 5.87. The van der Waals surface area contributed by atoms with Gasteiger partial charge in [-0.05, 0) is 58.5 Å². The molecule has 1 aliphatic heterocycles. The summed E-state index contributed by atoms with van der Waals surface area (Å²) in [5, 5.41) is 3.57. The van der Waals surface area contributed by atoms with Gasteiger partial charge < -0.3 is 10.1 Å². The van der Waals surface area contributed by atoms with Crippen molar-refractivity contribution >= 4 is 0 Å². The van der Waals surface area contributed by atoms with Crippen LogP contribution in [0.4, 0.5) is 0 Å². The first-order chi connectivity index (χ1) is 9.31. The van der Waals surface area contributed by atoms with Crippen LogP contribution in [-0.2, 0) is 4.74 Å². The normalized spacial score (nSPS) is 29.4. The van der Waals surface area contributed by atoms with Crippen molar-refractivity contribution < 1.29 is 4.74 Å². The van der Waals surface area contributed by atoms with Gasteiger partial charge >= 0.3 is 0 Å². The Balaban J connectivity index is 1.57. The largest absolute Gasteiger partial charge is 0.375 e. The van der Waals surface area contributed by atoms with Gasteiger partial charge in [0.05, 0.1) is 12.7 Å². The lowest BCUT2D eigenvalue weighted by Crippen LogP contribution is -2.48. The van der Waals surface area contributed by atoms with E-state index in [0.29, 0.717) is 12.1 Å². The fraction of sp³-hybridized carbons (Fsp3) is 1.00. The molecule has 3 heteroatoms. The van der Waals surface area contributed by atoms with E-state index < -0.39 is 0 Å². The van der Waals surface area contributed by atoms with Gasteiger partial charge in [0.2, 0.25) is 0 Å². The quantitative estimate of drug-likeness (QED) is 0.685. The molecule has 2 fully saturated rings. The van der Waals surface area contributed by atoms with Crippen molar-refractivity contribution in [1.29, 1.82) is 0 Å². The summed E-state index contributed by atoms with van der Waals surface area (Å²) in [5.41, 5.74) is 0. The molecule has 1 aliphatic carbocycles. The number of unbranched alkanes of at least 4 members (excludes halogenated alkanes) is 1. The molecule has 0 aromatic carbocycles. The van der Waals surface area contributed by atoms with E-state index >= 15 is 0 Å². The van der Waals surface area contributed by atoms with Crippen molar-refractivity contribution in [2.75, 3.05) is 26.2 Å². The molecule has 3 unspecified atom stereocenters. The maximum Gasteiger partial charge on any atom is 0.0730 e. The van der Waals surface area contributed by atoms with Gasteiger partial charge in [0.15, 0.2) is 0 Å². The molecule has 0 aromatic rings.